The number of para-hydroxylation sites is 1. The maximum absolute atomic E-state index is 11.8. The van der Waals surface area contributed by atoms with Gasteiger partial charge in [-0.05, 0) is 12.1 Å². The highest BCUT2D eigenvalue weighted by Crippen LogP contribution is 2.30. The SMILES string of the molecule is O=C(O)CONC(=O)c1cccc2c1OCCN2. The molecule has 0 saturated carbocycles. The van der Waals surface area contributed by atoms with Gasteiger partial charge in [0.1, 0.15) is 6.61 Å². The van der Waals surface area contributed by atoms with Crippen molar-refractivity contribution in [3.8, 4) is 5.75 Å². The number of carboxylic acids is 1. The summed E-state index contributed by atoms with van der Waals surface area (Å²) in [5.74, 6) is -1.26. The van der Waals surface area contributed by atoms with E-state index in [0.717, 1.165) is 5.69 Å². The fraction of sp³-hybridized carbons (Fsp3) is 0.273. The summed E-state index contributed by atoms with van der Waals surface area (Å²) in [6, 6.07) is 5.07. The summed E-state index contributed by atoms with van der Waals surface area (Å²) < 4.78 is 5.41. The summed E-state index contributed by atoms with van der Waals surface area (Å²) in [5, 5.41) is 11.5. The van der Waals surface area contributed by atoms with E-state index in [1.54, 1.807) is 18.2 Å². The van der Waals surface area contributed by atoms with Gasteiger partial charge in [0.15, 0.2) is 12.4 Å². The first kappa shape index (κ1) is 12.2. The van der Waals surface area contributed by atoms with Gasteiger partial charge >= 0.3 is 5.97 Å². The second-order valence-corrected chi connectivity index (χ2v) is 3.57. The van der Waals surface area contributed by atoms with Gasteiger partial charge in [-0.1, -0.05) is 6.07 Å². The number of fused-ring (bicyclic) bond motifs is 1. The highest BCUT2D eigenvalue weighted by atomic mass is 16.7. The lowest BCUT2D eigenvalue weighted by molar-refractivity contribution is -0.144. The van der Waals surface area contributed by atoms with Crippen LogP contribution in [0.25, 0.3) is 0 Å². The van der Waals surface area contributed by atoms with Crippen LogP contribution in [0.4, 0.5) is 5.69 Å². The Morgan fingerprint density at radius 2 is 2.33 bits per heavy atom. The van der Waals surface area contributed by atoms with Crippen LogP contribution in [-0.2, 0) is 9.63 Å². The van der Waals surface area contributed by atoms with Crippen LogP contribution in [-0.4, -0.2) is 36.7 Å². The van der Waals surface area contributed by atoms with Crippen molar-refractivity contribution in [2.24, 2.45) is 0 Å². The molecule has 0 atom stereocenters. The average molecular weight is 252 g/mol. The zero-order valence-electron chi connectivity index (χ0n) is 9.43. The minimum atomic E-state index is -1.16. The molecule has 0 saturated heterocycles. The van der Waals surface area contributed by atoms with E-state index in [1.165, 1.54) is 0 Å². The molecule has 0 fully saturated rings. The Hall–Kier alpha value is -2.28. The molecule has 1 amide bonds. The first-order chi connectivity index (χ1) is 8.68. The van der Waals surface area contributed by atoms with E-state index in [4.69, 9.17) is 9.84 Å². The van der Waals surface area contributed by atoms with E-state index in [-0.39, 0.29) is 0 Å². The zero-order valence-corrected chi connectivity index (χ0v) is 9.43. The van der Waals surface area contributed by atoms with E-state index >= 15 is 0 Å². The molecule has 3 N–H and O–H groups in total. The Morgan fingerprint density at radius 3 is 3.11 bits per heavy atom. The Balaban J connectivity index is 2.08. The highest BCUT2D eigenvalue weighted by Gasteiger charge is 2.19. The summed E-state index contributed by atoms with van der Waals surface area (Å²) in [6.07, 6.45) is 0. The summed E-state index contributed by atoms with van der Waals surface area (Å²) in [7, 11) is 0. The third-order valence-electron chi connectivity index (χ3n) is 2.28. The second-order valence-electron chi connectivity index (χ2n) is 3.57. The largest absolute Gasteiger partial charge is 0.489 e. The van der Waals surface area contributed by atoms with Crippen molar-refractivity contribution in [1.82, 2.24) is 5.48 Å². The van der Waals surface area contributed by atoms with Crippen molar-refractivity contribution in [1.29, 1.82) is 0 Å². The van der Waals surface area contributed by atoms with Crippen molar-refractivity contribution in [2.45, 2.75) is 0 Å². The molecule has 0 spiro atoms. The van der Waals surface area contributed by atoms with Crippen molar-refractivity contribution >= 4 is 17.6 Å². The molecule has 1 heterocycles. The summed E-state index contributed by atoms with van der Waals surface area (Å²) in [5.41, 5.74) is 3.08. The van der Waals surface area contributed by atoms with E-state index in [0.29, 0.717) is 24.5 Å². The zero-order chi connectivity index (χ0) is 13.0. The molecule has 1 aliphatic heterocycles. The summed E-state index contributed by atoms with van der Waals surface area (Å²) in [4.78, 5) is 26.5. The molecule has 0 bridgehead atoms. The van der Waals surface area contributed by atoms with E-state index in [2.05, 4.69) is 15.6 Å². The van der Waals surface area contributed by atoms with Gasteiger partial charge in [0.05, 0.1) is 11.3 Å². The van der Waals surface area contributed by atoms with Crippen LogP contribution in [0.15, 0.2) is 18.2 Å². The van der Waals surface area contributed by atoms with Crippen LogP contribution in [0.5, 0.6) is 5.75 Å². The lowest BCUT2D eigenvalue weighted by atomic mass is 10.1. The second kappa shape index (κ2) is 5.37. The molecule has 0 aromatic heterocycles. The molecule has 7 heteroatoms. The number of aliphatic carboxylic acids is 1. The van der Waals surface area contributed by atoms with Crippen LogP contribution < -0.4 is 15.5 Å². The number of amides is 1. The molecule has 0 unspecified atom stereocenters. The van der Waals surface area contributed by atoms with Gasteiger partial charge in [0.25, 0.3) is 5.91 Å². The van der Waals surface area contributed by atoms with Gasteiger partial charge < -0.3 is 15.2 Å². The topological polar surface area (TPSA) is 96.9 Å². The van der Waals surface area contributed by atoms with Crippen LogP contribution >= 0.6 is 0 Å². The number of ether oxygens (including phenoxy) is 1. The van der Waals surface area contributed by atoms with Crippen LogP contribution in [0.2, 0.25) is 0 Å². The molecule has 2 rings (SSSR count). The number of rotatable bonds is 4. The number of hydrogen-bond acceptors (Lipinski definition) is 5. The minimum absolute atomic E-state index is 0.296. The molecule has 7 nitrogen and oxygen atoms in total. The lowest BCUT2D eigenvalue weighted by Gasteiger charge is -2.21. The van der Waals surface area contributed by atoms with Crippen molar-refractivity contribution in [2.75, 3.05) is 25.1 Å². The predicted molar refractivity (Wildman–Crippen MR) is 61.5 cm³/mol. The molecule has 1 aromatic rings. The molecule has 0 aliphatic carbocycles. The fourth-order valence-electron chi connectivity index (χ4n) is 1.57. The van der Waals surface area contributed by atoms with Crippen molar-refractivity contribution < 1.29 is 24.3 Å². The first-order valence-corrected chi connectivity index (χ1v) is 5.32. The maximum Gasteiger partial charge on any atom is 0.332 e. The Bertz CT molecular complexity index is 475. The normalized spacial score (nSPS) is 12.9. The van der Waals surface area contributed by atoms with Crippen LogP contribution in [0.3, 0.4) is 0 Å². The summed E-state index contributed by atoms with van der Waals surface area (Å²) in [6.45, 7) is 0.542. The third kappa shape index (κ3) is 2.69. The van der Waals surface area contributed by atoms with Gasteiger partial charge in [0, 0.05) is 6.54 Å². The number of hydroxylamine groups is 1. The van der Waals surface area contributed by atoms with E-state index in [1.807, 2.05) is 0 Å². The van der Waals surface area contributed by atoms with Gasteiger partial charge in [-0.2, -0.15) is 0 Å². The Labute approximate surface area is 103 Å². The molecule has 1 aromatic carbocycles. The molecule has 18 heavy (non-hydrogen) atoms. The van der Waals surface area contributed by atoms with Gasteiger partial charge in [0.2, 0.25) is 0 Å². The number of benzene rings is 1. The third-order valence-corrected chi connectivity index (χ3v) is 2.28. The van der Waals surface area contributed by atoms with Gasteiger partial charge in [-0.3, -0.25) is 9.63 Å². The van der Waals surface area contributed by atoms with E-state index in [9.17, 15) is 9.59 Å². The monoisotopic (exact) mass is 252 g/mol. The highest BCUT2D eigenvalue weighted by molar-refractivity contribution is 5.98. The average Bonchev–Trinajstić information content (AvgIpc) is 2.37. The van der Waals surface area contributed by atoms with Crippen molar-refractivity contribution in [3.63, 3.8) is 0 Å². The number of nitrogens with one attached hydrogen (secondary N) is 2. The summed E-state index contributed by atoms with van der Waals surface area (Å²) >= 11 is 0. The predicted octanol–water partition coefficient (Wildman–Crippen LogP) is 0.237. The van der Waals surface area contributed by atoms with Crippen molar-refractivity contribution in [3.05, 3.63) is 23.8 Å². The van der Waals surface area contributed by atoms with Gasteiger partial charge in [-0.15, -0.1) is 0 Å². The number of carbonyl (C=O) groups excluding carboxylic acids is 1. The fourth-order valence-corrected chi connectivity index (χ4v) is 1.57. The van der Waals surface area contributed by atoms with Crippen LogP contribution in [0, 0.1) is 0 Å². The number of carboxylic acid groups (broad SMARTS) is 1. The Kier molecular flexibility index (Phi) is 3.63. The molecule has 0 radical (unpaired) electrons. The minimum Gasteiger partial charge on any atom is -0.489 e. The molecule has 1 aliphatic rings. The Morgan fingerprint density at radius 1 is 1.50 bits per heavy atom. The van der Waals surface area contributed by atoms with Gasteiger partial charge in [-0.25, -0.2) is 10.3 Å². The van der Waals surface area contributed by atoms with Crippen LogP contribution in [0.1, 0.15) is 10.4 Å². The number of carbonyl (C=O) groups is 2. The maximum atomic E-state index is 11.8. The standard InChI is InChI=1S/C11H12N2O5/c14-9(15)6-18-13-11(16)7-2-1-3-8-10(7)17-5-4-12-8/h1-3,12H,4-6H2,(H,13,16)(H,14,15). The number of hydrogen-bond donors (Lipinski definition) is 3. The lowest BCUT2D eigenvalue weighted by Crippen LogP contribution is -2.28. The first-order valence-electron chi connectivity index (χ1n) is 5.32. The molecular weight excluding hydrogens is 240 g/mol. The van der Waals surface area contributed by atoms with E-state index < -0.39 is 18.5 Å². The number of anilines is 1. The molecular formula is C11H12N2O5. The molecule has 96 valence electrons. The smallest absolute Gasteiger partial charge is 0.332 e. The quantitative estimate of drug-likeness (QED) is 0.664.